The molecule has 0 aliphatic carbocycles. The van der Waals surface area contributed by atoms with Crippen LogP contribution in [0.5, 0.6) is 0 Å². The number of unbranched alkanes of at least 4 members (excludes halogenated alkanes) is 26. The number of rotatable bonds is 42. The minimum atomic E-state index is 0.163. The number of allylic oxidation sites excluding steroid dienone is 4. The number of likely N-dealkylation sites (N-methyl/N-ethyl adjacent to an activating group) is 1. The summed E-state index contributed by atoms with van der Waals surface area (Å²) in [6.07, 6.45) is 50.3. The van der Waals surface area contributed by atoms with E-state index in [0.717, 1.165) is 37.4 Å². The van der Waals surface area contributed by atoms with Gasteiger partial charge >= 0.3 is 0 Å². The summed E-state index contributed by atoms with van der Waals surface area (Å²) in [6, 6.07) is 0. The first-order valence-corrected chi connectivity index (χ1v) is 22.4. The van der Waals surface area contributed by atoms with Crippen LogP contribution in [0.1, 0.15) is 206 Å². The second kappa shape index (κ2) is 41.1. The first kappa shape index (κ1) is 49.3. The normalized spacial score (nSPS) is 13.0. The second-order valence-electron chi connectivity index (χ2n) is 16.0. The second-order valence-corrected chi connectivity index (χ2v) is 16.0. The van der Waals surface area contributed by atoms with Gasteiger partial charge in [-0.25, -0.2) is 0 Å². The van der Waals surface area contributed by atoms with Gasteiger partial charge in [0.2, 0.25) is 0 Å². The number of ether oxygens (including phenoxy) is 3. The van der Waals surface area contributed by atoms with Gasteiger partial charge in [-0.15, -0.1) is 0 Å². The molecule has 0 aromatic heterocycles. The van der Waals surface area contributed by atoms with Crippen molar-refractivity contribution in [1.29, 1.82) is 0 Å². The first-order chi connectivity index (χ1) is 24.6. The van der Waals surface area contributed by atoms with Gasteiger partial charge in [0, 0.05) is 20.3 Å². The van der Waals surface area contributed by atoms with Crippen LogP contribution in [-0.2, 0) is 14.2 Å². The molecule has 0 N–H and O–H groups in total. The first-order valence-electron chi connectivity index (χ1n) is 22.4. The van der Waals surface area contributed by atoms with Crippen molar-refractivity contribution in [3.63, 3.8) is 0 Å². The quantitative estimate of drug-likeness (QED) is 0.0359. The van der Waals surface area contributed by atoms with Crippen molar-refractivity contribution in [3.05, 3.63) is 24.3 Å². The van der Waals surface area contributed by atoms with Crippen LogP contribution in [0, 0.1) is 0 Å². The maximum Gasteiger partial charge on any atom is 0.130 e. The van der Waals surface area contributed by atoms with Crippen molar-refractivity contribution in [3.8, 4) is 0 Å². The topological polar surface area (TPSA) is 27.7 Å². The lowest BCUT2D eigenvalue weighted by Crippen LogP contribution is -2.49. The van der Waals surface area contributed by atoms with Crippen molar-refractivity contribution in [1.82, 2.24) is 0 Å². The predicted octanol–water partition coefficient (Wildman–Crippen LogP) is 14.0. The molecule has 0 spiro atoms. The van der Waals surface area contributed by atoms with Gasteiger partial charge in [0.1, 0.15) is 19.2 Å². The Bertz CT molecular complexity index is 691. The van der Waals surface area contributed by atoms with Crippen LogP contribution in [-0.4, -0.2) is 71.3 Å². The number of quaternary nitrogens is 1. The van der Waals surface area contributed by atoms with Gasteiger partial charge in [0.15, 0.2) is 0 Å². The van der Waals surface area contributed by atoms with Gasteiger partial charge in [-0.1, -0.05) is 167 Å². The molecular formula is C46H92NO3+. The van der Waals surface area contributed by atoms with Gasteiger partial charge in [-0.3, -0.25) is 0 Å². The van der Waals surface area contributed by atoms with Gasteiger partial charge in [0.25, 0.3) is 0 Å². The van der Waals surface area contributed by atoms with E-state index in [4.69, 9.17) is 14.2 Å². The molecule has 1 atom stereocenters. The summed E-state index contributed by atoms with van der Waals surface area (Å²) < 4.78 is 18.9. The summed E-state index contributed by atoms with van der Waals surface area (Å²) in [5.74, 6) is 0. The maximum absolute atomic E-state index is 6.43. The molecule has 0 aliphatic rings. The van der Waals surface area contributed by atoms with Gasteiger partial charge in [-0.2, -0.15) is 0 Å². The number of methoxy groups -OCH3 is 1. The van der Waals surface area contributed by atoms with Crippen LogP contribution >= 0.6 is 0 Å². The third-order valence-electron chi connectivity index (χ3n) is 10.2. The summed E-state index contributed by atoms with van der Waals surface area (Å²) in [6.45, 7) is 9.78. The molecule has 0 aromatic carbocycles. The number of hydrogen-bond acceptors (Lipinski definition) is 3. The molecule has 4 heteroatoms. The van der Waals surface area contributed by atoms with Crippen molar-refractivity contribution in [2.75, 3.05) is 60.7 Å². The molecule has 0 aliphatic heterocycles. The SMILES string of the molecule is CCCCCCCCC=CCCCCCCCCCOCC(C[N+](C)(C)CCOC)OCCCCCCCCCC=CCCCCCCCC. The molecule has 0 aromatic rings. The lowest BCUT2D eigenvalue weighted by Gasteiger charge is -2.33. The lowest BCUT2D eigenvalue weighted by atomic mass is 10.1. The average Bonchev–Trinajstić information content (AvgIpc) is 3.11. The van der Waals surface area contributed by atoms with Crippen LogP contribution in [0.2, 0.25) is 0 Å². The fraction of sp³-hybridized carbons (Fsp3) is 0.913. The number of nitrogens with zero attached hydrogens (tertiary/aromatic N) is 1. The van der Waals surface area contributed by atoms with E-state index in [1.807, 2.05) is 0 Å². The largest absolute Gasteiger partial charge is 0.379 e. The van der Waals surface area contributed by atoms with E-state index in [2.05, 4.69) is 52.2 Å². The van der Waals surface area contributed by atoms with E-state index >= 15 is 0 Å². The Morgan fingerprint density at radius 3 is 1.20 bits per heavy atom. The smallest absolute Gasteiger partial charge is 0.130 e. The van der Waals surface area contributed by atoms with E-state index in [9.17, 15) is 0 Å². The summed E-state index contributed by atoms with van der Waals surface area (Å²) in [4.78, 5) is 0. The third kappa shape index (κ3) is 40.1. The molecule has 298 valence electrons. The zero-order valence-electron chi connectivity index (χ0n) is 35.0. The molecule has 0 bridgehead atoms. The lowest BCUT2D eigenvalue weighted by molar-refractivity contribution is -0.893. The molecule has 0 radical (unpaired) electrons. The minimum absolute atomic E-state index is 0.163. The Labute approximate surface area is 315 Å². The Morgan fingerprint density at radius 2 is 0.800 bits per heavy atom. The van der Waals surface area contributed by atoms with Crippen LogP contribution in [0.25, 0.3) is 0 Å². The van der Waals surface area contributed by atoms with Crippen LogP contribution in [0.3, 0.4) is 0 Å². The highest BCUT2D eigenvalue weighted by Gasteiger charge is 2.23. The Morgan fingerprint density at radius 1 is 0.440 bits per heavy atom. The molecule has 0 heterocycles. The summed E-state index contributed by atoms with van der Waals surface area (Å²) in [7, 11) is 6.36. The summed E-state index contributed by atoms with van der Waals surface area (Å²) >= 11 is 0. The minimum Gasteiger partial charge on any atom is -0.379 e. The van der Waals surface area contributed by atoms with Gasteiger partial charge in [0.05, 0.1) is 27.3 Å². The van der Waals surface area contributed by atoms with Crippen molar-refractivity contribution < 1.29 is 18.7 Å². The zero-order valence-corrected chi connectivity index (χ0v) is 35.0. The van der Waals surface area contributed by atoms with Gasteiger partial charge in [-0.05, 0) is 64.2 Å². The molecule has 4 nitrogen and oxygen atoms in total. The van der Waals surface area contributed by atoms with Crippen LogP contribution < -0.4 is 0 Å². The average molecular weight is 707 g/mol. The summed E-state index contributed by atoms with van der Waals surface area (Å²) in [5, 5.41) is 0. The predicted molar refractivity (Wildman–Crippen MR) is 222 cm³/mol. The molecule has 0 rings (SSSR count). The number of hydrogen-bond donors (Lipinski definition) is 0. The fourth-order valence-corrected chi connectivity index (χ4v) is 6.75. The molecule has 0 saturated carbocycles. The van der Waals surface area contributed by atoms with Crippen molar-refractivity contribution in [2.24, 2.45) is 0 Å². The van der Waals surface area contributed by atoms with Crippen LogP contribution in [0.15, 0.2) is 24.3 Å². The highest BCUT2D eigenvalue weighted by atomic mass is 16.5. The van der Waals surface area contributed by atoms with E-state index < -0.39 is 0 Å². The highest BCUT2D eigenvalue weighted by Crippen LogP contribution is 2.14. The molecule has 0 amide bonds. The van der Waals surface area contributed by atoms with Crippen molar-refractivity contribution in [2.45, 2.75) is 213 Å². The Balaban J connectivity index is 3.85. The third-order valence-corrected chi connectivity index (χ3v) is 10.2. The Hall–Kier alpha value is -0.680. The molecule has 1 unspecified atom stereocenters. The van der Waals surface area contributed by atoms with E-state index in [1.54, 1.807) is 7.11 Å². The highest BCUT2D eigenvalue weighted by molar-refractivity contribution is 4.82. The maximum atomic E-state index is 6.43. The standard InChI is InChI=1S/C46H92NO3/c1-6-8-10-12-14-16-18-20-22-24-26-28-30-32-34-36-38-41-49-45-46(44-47(3,4)40-43-48-5)50-42-39-37-35-33-31-29-27-25-23-21-19-17-15-13-11-9-7-2/h20-23,46H,6-19,24-45H2,1-5H3/q+1. The van der Waals surface area contributed by atoms with Crippen LogP contribution in [0.4, 0.5) is 0 Å². The molecule has 0 fully saturated rings. The summed E-state index contributed by atoms with van der Waals surface area (Å²) in [5.41, 5.74) is 0. The van der Waals surface area contributed by atoms with E-state index in [-0.39, 0.29) is 6.10 Å². The monoisotopic (exact) mass is 707 g/mol. The van der Waals surface area contributed by atoms with E-state index in [0.29, 0.717) is 6.61 Å². The molecule has 0 saturated heterocycles. The zero-order chi connectivity index (χ0) is 36.5. The van der Waals surface area contributed by atoms with E-state index in [1.165, 1.54) is 193 Å². The Kier molecular flexibility index (Phi) is 40.5. The van der Waals surface area contributed by atoms with Crippen molar-refractivity contribution >= 4 is 0 Å². The fourth-order valence-electron chi connectivity index (χ4n) is 6.75. The molecule has 50 heavy (non-hydrogen) atoms. The molecular weight excluding hydrogens is 615 g/mol. The van der Waals surface area contributed by atoms with Gasteiger partial charge < -0.3 is 18.7 Å².